The van der Waals surface area contributed by atoms with E-state index in [-0.39, 0.29) is 23.2 Å². The van der Waals surface area contributed by atoms with Crippen molar-refractivity contribution >= 4 is 11.7 Å². The summed E-state index contributed by atoms with van der Waals surface area (Å²) >= 11 is 0. The number of fused-ring (bicyclic) bond motifs is 1. The van der Waals surface area contributed by atoms with E-state index in [0.717, 1.165) is 11.3 Å². The molecule has 136 valence electrons. The van der Waals surface area contributed by atoms with Crippen molar-refractivity contribution in [3.05, 3.63) is 64.5 Å². The van der Waals surface area contributed by atoms with Gasteiger partial charge < -0.3 is 9.64 Å². The van der Waals surface area contributed by atoms with E-state index in [1.54, 1.807) is 18.1 Å². The average molecular weight is 355 g/mol. The molecule has 3 rings (SSSR count). The van der Waals surface area contributed by atoms with Gasteiger partial charge in [-0.15, -0.1) is 0 Å². The zero-order chi connectivity index (χ0) is 18.8. The molecule has 0 radical (unpaired) electrons. The Hall–Kier alpha value is -2.69. The van der Waals surface area contributed by atoms with Crippen LogP contribution < -0.4 is 4.74 Å². The van der Waals surface area contributed by atoms with Gasteiger partial charge in [0, 0.05) is 25.1 Å². The van der Waals surface area contributed by atoms with Crippen LogP contribution >= 0.6 is 0 Å². The maximum absolute atomic E-state index is 14.4. The Balaban J connectivity index is 1.80. The normalized spacial score (nSPS) is 13.3. The predicted molar refractivity (Wildman–Crippen MR) is 96.8 cm³/mol. The van der Waals surface area contributed by atoms with E-state index in [1.807, 2.05) is 38.1 Å². The Morgan fingerprint density at radius 1 is 1.23 bits per heavy atom. The molecule has 0 atom stereocenters. The molecule has 2 aromatic carbocycles. The molecule has 1 aliphatic rings. The zero-order valence-corrected chi connectivity index (χ0v) is 15.2. The number of carbonyl (C=O) groups excluding carboxylic acids is 2. The summed E-state index contributed by atoms with van der Waals surface area (Å²) < 4.78 is 19.5. The summed E-state index contributed by atoms with van der Waals surface area (Å²) in [5, 5.41) is 0. The van der Waals surface area contributed by atoms with Crippen LogP contribution in [0.2, 0.25) is 0 Å². The lowest BCUT2D eigenvalue weighted by Crippen LogP contribution is -2.23. The van der Waals surface area contributed by atoms with Crippen LogP contribution in [0.15, 0.2) is 36.4 Å². The molecule has 4 nitrogen and oxygen atoms in total. The van der Waals surface area contributed by atoms with Crippen LogP contribution in [0.4, 0.5) is 4.39 Å². The van der Waals surface area contributed by atoms with Crippen LogP contribution in [0.5, 0.6) is 5.75 Å². The number of methoxy groups -OCH3 is 1. The number of hydrogen-bond acceptors (Lipinski definition) is 3. The third kappa shape index (κ3) is 3.62. The molecule has 5 heteroatoms. The summed E-state index contributed by atoms with van der Waals surface area (Å²) in [6, 6.07) is 10.2. The van der Waals surface area contributed by atoms with Gasteiger partial charge in [-0.25, -0.2) is 4.39 Å². The summed E-state index contributed by atoms with van der Waals surface area (Å²) in [4.78, 5) is 26.5. The van der Waals surface area contributed by atoms with Crippen LogP contribution in [0.25, 0.3) is 0 Å². The molecule has 0 aromatic heterocycles. The van der Waals surface area contributed by atoms with Gasteiger partial charge in [0.25, 0.3) is 5.91 Å². The first-order valence-electron chi connectivity index (χ1n) is 8.67. The third-order valence-electron chi connectivity index (χ3n) is 4.50. The third-order valence-corrected chi connectivity index (χ3v) is 4.50. The molecule has 0 aliphatic carbocycles. The molecule has 2 aromatic rings. The Labute approximate surface area is 152 Å². The Morgan fingerprint density at radius 3 is 2.54 bits per heavy atom. The van der Waals surface area contributed by atoms with E-state index >= 15 is 0 Å². The van der Waals surface area contributed by atoms with Gasteiger partial charge in [0.05, 0.1) is 12.7 Å². The van der Waals surface area contributed by atoms with Crippen molar-refractivity contribution in [2.75, 3.05) is 7.11 Å². The number of rotatable bonds is 6. The number of hydrogen-bond donors (Lipinski definition) is 0. The Bertz CT molecular complexity index is 843. The highest BCUT2D eigenvalue weighted by molar-refractivity contribution is 6.01. The van der Waals surface area contributed by atoms with E-state index in [0.29, 0.717) is 30.6 Å². The molecular weight excluding hydrogens is 333 g/mol. The monoisotopic (exact) mass is 355 g/mol. The fraction of sp³-hybridized carbons (Fsp3) is 0.333. The van der Waals surface area contributed by atoms with Crippen LogP contribution in [0, 0.1) is 11.7 Å². The highest BCUT2D eigenvalue weighted by atomic mass is 19.1. The molecule has 1 aliphatic heterocycles. The lowest BCUT2D eigenvalue weighted by molar-refractivity contribution is 0.0766. The second-order valence-electron chi connectivity index (χ2n) is 7.02. The first kappa shape index (κ1) is 18.1. The number of benzene rings is 2. The highest BCUT2D eigenvalue weighted by Gasteiger charge is 2.30. The van der Waals surface area contributed by atoms with Gasteiger partial charge >= 0.3 is 0 Å². The second kappa shape index (κ2) is 7.28. The molecule has 0 spiro atoms. The fourth-order valence-electron chi connectivity index (χ4n) is 3.17. The zero-order valence-electron chi connectivity index (χ0n) is 15.2. The van der Waals surface area contributed by atoms with Crippen molar-refractivity contribution < 1.29 is 18.7 Å². The Morgan fingerprint density at radius 2 is 1.92 bits per heavy atom. The predicted octanol–water partition coefficient (Wildman–Crippen LogP) is 4.22. The minimum Gasteiger partial charge on any atom is -0.497 e. The van der Waals surface area contributed by atoms with E-state index in [2.05, 4.69) is 0 Å². The molecule has 0 bridgehead atoms. The van der Waals surface area contributed by atoms with E-state index in [4.69, 9.17) is 4.74 Å². The lowest BCUT2D eigenvalue weighted by atomic mass is 9.97. The maximum Gasteiger partial charge on any atom is 0.254 e. The van der Waals surface area contributed by atoms with Crippen molar-refractivity contribution in [3.63, 3.8) is 0 Å². The number of carbonyl (C=O) groups is 2. The fourth-order valence-corrected chi connectivity index (χ4v) is 3.17. The number of amides is 1. The second-order valence-corrected chi connectivity index (χ2v) is 7.02. The van der Waals surface area contributed by atoms with Crippen molar-refractivity contribution in [1.82, 2.24) is 4.90 Å². The van der Waals surface area contributed by atoms with Gasteiger partial charge in [-0.05, 0) is 41.3 Å². The topological polar surface area (TPSA) is 46.6 Å². The minimum absolute atomic E-state index is 0.0801. The summed E-state index contributed by atoms with van der Waals surface area (Å²) in [6.07, 6.45) is 0.291. The smallest absolute Gasteiger partial charge is 0.254 e. The number of ether oxygens (including phenoxy) is 1. The van der Waals surface area contributed by atoms with E-state index < -0.39 is 5.82 Å². The summed E-state index contributed by atoms with van der Waals surface area (Å²) in [6.45, 7) is 4.64. The number of halogens is 1. The van der Waals surface area contributed by atoms with Gasteiger partial charge in [0.2, 0.25) is 0 Å². The number of Topliss-reactive ketones (excluding diaryl/α,β-unsaturated/α-hetero) is 1. The van der Waals surface area contributed by atoms with E-state index in [1.165, 1.54) is 6.07 Å². The average Bonchev–Trinajstić information content (AvgIpc) is 2.89. The molecule has 26 heavy (non-hydrogen) atoms. The first-order valence-corrected chi connectivity index (χ1v) is 8.67. The van der Waals surface area contributed by atoms with Crippen molar-refractivity contribution in [2.24, 2.45) is 5.92 Å². The molecule has 1 amide bonds. The Kier molecular flexibility index (Phi) is 5.07. The maximum atomic E-state index is 14.4. The van der Waals surface area contributed by atoms with Crippen molar-refractivity contribution in [2.45, 2.75) is 33.4 Å². The van der Waals surface area contributed by atoms with Gasteiger partial charge in [-0.3, -0.25) is 9.59 Å². The summed E-state index contributed by atoms with van der Waals surface area (Å²) in [5.74, 6) is -0.142. The van der Waals surface area contributed by atoms with Gasteiger partial charge in [0.15, 0.2) is 5.78 Å². The van der Waals surface area contributed by atoms with Crippen LogP contribution in [-0.4, -0.2) is 23.7 Å². The molecule has 0 unspecified atom stereocenters. The van der Waals surface area contributed by atoms with Gasteiger partial charge in [-0.2, -0.15) is 0 Å². The summed E-state index contributed by atoms with van der Waals surface area (Å²) in [5.41, 5.74) is 2.09. The van der Waals surface area contributed by atoms with Crippen LogP contribution in [-0.2, 0) is 13.1 Å². The van der Waals surface area contributed by atoms with Gasteiger partial charge in [0.1, 0.15) is 11.6 Å². The van der Waals surface area contributed by atoms with Crippen LogP contribution in [0.3, 0.4) is 0 Å². The molecule has 0 saturated carbocycles. The SMILES string of the molecule is COc1ccc(CN2Cc3cc(C(=O)CC(C)C)c(F)cc3C2=O)cc1. The summed E-state index contributed by atoms with van der Waals surface area (Å²) in [7, 11) is 1.60. The number of ketones is 1. The molecule has 0 fully saturated rings. The molecule has 0 N–H and O–H groups in total. The van der Waals surface area contributed by atoms with Crippen LogP contribution in [0.1, 0.15) is 52.1 Å². The quantitative estimate of drug-likeness (QED) is 0.729. The van der Waals surface area contributed by atoms with Gasteiger partial charge in [-0.1, -0.05) is 26.0 Å². The lowest BCUT2D eigenvalue weighted by Gasteiger charge is -2.15. The standard InChI is InChI=1S/C21H22FNO3/c1-13(2)8-20(24)18-9-15-12-23(21(25)17(15)10-19(18)22)11-14-4-6-16(26-3)7-5-14/h4-7,9-10,13H,8,11-12H2,1-3H3. The largest absolute Gasteiger partial charge is 0.497 e. The van der Waals surface area contributed by atoms with E-state index in [9.17, 15) is 14.0 Å². The number of nitrogens with zero attached hydrogens (tertiary/aromatic N) is 1. The molecule has 0 saturated heterocycles. The van der Waals surface area contributed by atoms with Crippen molar-refractivity contribution in [3.8, 4) is 5.75 Å². The highest BCUT2D eigenvalue weighted by Crippen LogP contribution is 2.28. The molecule has 1 heterocycles. The molecular formula is C21H22FNO3. The minimum atomic E-state index is -0.617. The van der Waals surface area contributed by atoms with Crippen molar-refractivity contribution in [1.29, 1.82) is 0 Å². The first-order chi connectivity index (χ1) is 12.4.